The second kappa shape index (κ2) is 9.74. The third-order valence-corrected chi connectivity index (χ3v) is 5.73. The number of alkyl halides is 3. The standard InChI is InChI=1S/C12H25F3O3Si/c1-4-5-6-7-8-9-10-11-19(16-2,17-3)18-12(13,14)15/h4-11H2,1-3H3. The highest BCUT2D eigenvalue weighted by molar-refractivity contribution is 6.60. The van der Waals surface area contributed by atoms with Crippen LogP contribution >= 0.6 is 0 Å². The summed E-state index contributed by atoms with van der Waals surface area (Å²) in [7, 11) is -1.16. The smallest absolute Gasteiger partial charge is 0.377 e. The highest BCUT2D eigenvalue weighted by atomic mass is 28.4. The Labute approximate surface area is 114 Å². The Hall–Kier alpha value is -0.113. The van der Waals surface area contributed by atoms with Crippen LogP contribution in [0.5, 0.6) is 0 Å². The maximum atomic E-state index is 12.3. The van der Waals surface area contributed by atoms with Crippen LogP contribution in [-0.2, 0) is 13.3 Å². The van der Waals surface area contributed by atoms with Crippen molar-refractivity contribution in [2.45, 2.75) is 64.3 Å². The Bertz CT molecular complexity index is 221. The Morgan fingerprint density at radius 1 is 0.842 bits per heavy atom. The fraction of sp³-hybridized carbons (Fsp3) is 1.00. The summed E-state index contributed by atoms with van der Waals surface area (Å²) < 4.78 is 50.7. The number of halogens is 3. The van der Waals surface area contributed by atoms with Crippen LogP contribution in [0.3, 0.4) is 0 Å². The zero-order chi connectivity index (χ0) is 14.8. The van der Waals surface area contributed by atoms with Crippen molar-refractivity contribution in [2.24, 2.45) is 0 Å². The molecule has 0 bridgehead atoms. The van der Waals surface area contributed by atoms with E-state index in [1.165, 1.54) is 33.5 Å². The van der Waals surface area contributed by atoms with E-state index in [1.807, 2.05) is 0 Å². The maximum absolute atomic E-state index is 12.3. The molecule has 0 aromatic rings. The predicted octanol–water partition coefficient (Wildman–Crippen LogP) is 4.51. The second-order valence-electron chi connectivity index (χ2n) is 4.51. The van der Waals surface area contributed by atoms with Crippen LogP contribution < -0.4 is 0 Å². The second-order valence-corrected chi connectivity index (χ2v) is 7.40. The predicted molar refractivity (Wildman–Crippen MR) is 69.7 cm³/mol. The molecule has 0 amide bonds. The molecule has 0 aliphatic rings. The SMILES string of the molecule is CCCCCCCCC[Si](OC)(OC)OC(F)(F)F. The van der Waals surface area contributed by atoms with Crippen molar-refractivity contribution in [1.29, 1.82) is 0 Å². The third-order valence-electron chi connectivity index (χ3n) is 2.98. The first-order chi connectivity index (χ1) is 8.89. The molecule has 0 aromatic carbocycles. The quantitative estimate of drug-likeness (QED) is 0.415. The summed E-state index contributed by atoms with van der Waals surface area (Å²) in [4.78, 5) is 0. The number of rotatable bonds is 11. The molecular weight excluding hydrogens is 277 g/mol. The fourth-order valence-corrected chi connectivity index (χ4v) is 3.78. The van der Waals surface area contributed by atoms with Gasteiger partial charge >= 0.3 is 15.2 Å². The molecule has 7 heteroatoms. The van der Waals surface area contributed by atoms with Gasteiger partial charge in [-0.2, -0.15) is 0 Å². The van der Waals surface area contributed by atoms with Crippen molar-refractivity contribution in [1.82, 2.24) is 0 Å². The Kier molecular flexibility index (Phi) is 9.68. The summed E-state index contributed by atoms with van der Waals surface area (Å²) in [5.74, 6) is 0. The van der Waals surface area contributed by atoms with Gasteiger partial charge < -0.3 is 8.85 Å². The molecule has 0 aliphatic heterocycles. The molecule has 0 aliphatic carbocycles. The molecule has 19 heavy (non-hydrogen) atoms. The average molecular weight is 302 g/mol. The van der Waals surface area contributed by atoms with E-state index >= 15 is 0 Å². The molecule has 0 N–H and O–H groups in total. The van der Waals surface area contributed by atoms with E-state index < -0.39 is 15.2 Å². The summed E-state index contributed by atoms with van der Waals surface area (Å²) in [6, 6.07) is 0.202. The van der Waals surface area contributed by atoms with E-state index in [-0.39, 0.29) is 6.04 Å². The number of hydrogen-bond donors (Lipinski definition) is 0. The van der Waals surface area contributed by atoms with Gasteiger partial charge in [0.1, 0.15) is 0 Å². The topological polar surface area (TPSA) is 27.7 Å². The molecule has 0 saturated heterocycles. The lowest BCUT2D eigenvalue weighted by Crippen LogP contribution is -2.47. The van der Waals surface area contributed by atoms with Gasteiger partial charge in [0.2, 0.25) is 0 Å². The first-order valence-corrected chi connectivity index (χ1v) is 8.69. The van der Waals surface area contributed by atoms with Crippen LogP contribution in [0.15, 0.2) is 0 Å². The number of unbranched alkanes of at least 4 members (excludes halogenated alkanes) is 6. The molecular formula is C12H25F3O3Si. The molecule has 0 radical (unpaired) electrons. The summed E-state index contributed by atoms with van der Waals surface area (Å²) in [5, 5.41) is 0. The highest BCUT2D eigenvalue weighted by Crippen LogP contribution is 2.28. The normalized spacial score (nSPS) is 12.9. The van der Waals surface area contributed by atoms with Crippen LogP contribution in [0.2, 0.25) is 6.04 Å². The van der Waals surface area contributed by atoms with Gasteiger partial charge in [0, 0.05) is 20.3 Å². The summed E-state index contributed by atoms with van der Waals surface area (Å²) in [6.45, 7) is 2.14. The average Bonchev–Trinajstić information content (AvgIpc) is 2.35. The molecule has 0 heterocycles. The van der Waals surface area contributed by atoms with E-state index in [1.54, 1.807) is 0 Å². The lowest BCUT2D eigenvalue weighted by molar-refractivity contribution is -0.296. The minimum Gasteiger partial charge on any atom is -0.377 e. The molecule has 0 rings (SSSR count). The van der Waals surface area contributed by atoms with E-state index in [0.29, 0.717) is 6.42 Å². The third kappa shape index (κ3) is 9.42. The van der Waals surface area contributed by atoms with E-state index in [2.05, 4.69) is 11.3 Å². The van der Waals surface area contributed by atoms with E-state index in [9.17, 15) is 13.2 Å². The molecule has 0 atom stereocenters. The number of hydrogen-bond acceptors (Lipinski definition) is 3. The van der Waals surface area contributed by atoms with Gasteiger partial charge in [0.05, 0.1) is 0 Å². The first kappa shape index (κ1) is 18.9. The minimum absolute atomic E-state index is 0.202. The van der Waals surface area contributed by atoms with Gasteiger partial charge in [-0.25, -0.2) is 0 Å². The van der Waals surface area contributed by atoms with Gasteiger partial charge in [-0.15, -0.1) is 13.2 Å². The Morgan fingerprint density at radius 3 is 1.74 bits per heavy atom. The first-order valence-electron chi connectivity index (χ1n) is 6.76. The molecule has 0 spiro atoms. The molecule has 0 fully saturated rings. The molecule has 0 unspecified atom stereocenters. The van der Waals surface area contributed by atoms with Crippen LogP contribution in [0.4, 0.5) is 13.2 Å². The van der Waals surface area contributed by atoms with Crippen molar-refractivity contribution in [3.05, 3.63) is 0 Å². The van der Waals surface area contributed by atoms with Crippen LogP contribution in [0.1, 0.15) is 51.9 Å². The largest absolute Gasteiger partial charge is 0.516 e. The van der Waals surface area contributed by atoms with Crippen molar-refractivity contribution < 1.29 is 26.4 Å². The van der Waals surface area contributed by atoms with Crippen molar-refractivity contribution >= 4 is 8.80 Å². The molecule has 0 aromatic heterocycles. The summed E-state index contributed by atoms with van der Waals surface area (Å²) in [5.41, 5.74) is 0. The molecule has 0 saturated carbocycles. The van der Waals surface area contributed by atoms with Crippen LogP contribution in [0.25, 0.3) is 0 Å². The zero-order valence-corrected chi connectivity index (χ0v) is 13.0. The van der Waals surface area contributed by atoms with Gasteiger partial charge in [-0.1, -0.05) is 45.4 Å². The summed E-state index contributed by atoms with van der Waals surface area (Å²) >= 11 is 0. The Morgan fingerprint density at radius 2 is 1.32 bits per heavy atom. The van der Waals surface area contributed by atoms with Gasteiger partial charge in [-0.3, -0.25) is 4.43 Å². The van der Waals surface area contributed by atoms with Crippen molar-refractivity contribution in [2.75, 3.05) is 14.2 Å². The lowest BCUT2D eigenvalue weighted by Gasteiger charge is -2.27. The van der Waals surface area contributed by atoms with Crippen molar-refractivity contribution in [3.63, 3.8) is 0 Å². The monoisotopic (exact) mass is 302 g/mol. The minimum atomic E-state index is -4.71. The van der Waals surface area contributed by atoms with E-state index in [0.717, 1.165) is 19.3 Å². The zero-order valence-electron chi connectivity index (χ0n) is 12.0. The van der Waals surface area contributed by atoms with Crippen molar-refractivity contribution in [3.8, 4) is 0 Å². The van der Waals surface area contributed by atoms with Gasteiger partial charge in [-0.05, 0) is 6.42 Å². The van der Waals surface area contributed by atoms with E-state index in [4.69, 9.17) is 8.85 Å². The Balaban J connectivity index is 3.94. The fourth-order valence-electron chi connectivity index (χ4n) is 1.90. The highest BCUT2D eigenvalue weighted by Gasteiger charge is 2.49. The molecule has 116 valence electrons. The lowest BCUT2D eigenvalue weighted by atomic mass is 10.1. The summed E-state index contributed by atoms with van der Waals surface area (Å²) in [6.07, 6.45) is 2.55. The maximum Gasteiger partial charge on any atom is 0.516 e. The van der Waals surface area contributed by atoms with Crippen LogP contribution in [-0.4, -0.2) is 29.4 Å². The van der Waals surface area contributed by atoms with Crippen LogP contribution in [0, 0.1) is 0 Å². The van der Waals surface area contributed by atoms with Gasteiger partial charge in [0.25, 0.3) is 0 Å². The van der Waals surface area contributed by atoms with Gasteiger partial charge in [0.15, 0.2) is 0 Å². The molecule has 3 nitrogen and oxygen atoms in total.